The van der Waals surface area contributed by atoms with E-state index in [0.29, 0.717) is 23.6 Å². The second kappa shape index (κ2) is 10.6. The summed E-state index contributed by atoms with van der Waals surface area (Å²) in [7, 11) is 1.32. The number of methoxy groups -OCH3 is 1. The van der Waals surface area contributed by atoms with Crippen molar-refractivity contribution < 1.29 is 19.1 Å². The Labute approximate surface area is 164 Å². The number of hydrogen-bond donors (Lipinski definition) is 1. The molecule has 0 aliphatic heterocycles. The van der Waals surface area contributed by atoms with Gasteiger partial charge in [0.2, 0.25) is 5.91 Å². The quantitative estimate of drug-likeness (QED) is 0.515. The third kappa shape index (κ3) is 6.94. The van der Waals surface area contributed by atoms with Crippen LogP contribution < -0.4 is 10.1 Å². The minimum Gasteiger partial charge on any atom is -0.494 e. The summed E-state index contributed by atoms with van der Waals surface area (Å²) in [5.41, 5.74) is 1.81. The van der Waals surface area contributed by atoms with Gasteiger partial charge in [0.25, 0.3) is 0 Å². The molecule has 1 N–H and O–H groups in total. The molecule has 0 fully saturated rings. The highest BCUT2D eigenvalue weighted by Gasteiger charge is 2.20. The van der Waals surface area contributed by atoms with Gasteiger partial charge in [0.15, 0.2) is 0 Å². The highest BCUT2D eigenvalue weighted by Crippen LogP contribution is 2.25. The third-order valence-electron chi connectivity index (χ3n) is 4.02. The van der Waals surface area contributed by atoms with E-state index in [1.54, 1.807) is 18.2 Å². The normalized spacial score (nSPS) is 11.5. The lowest BCUT2D eigenvalue weighted by Crippen LogP contribution is -2.30. The van der Waals surface area contributed by atoms with Gasteiger partial charge in [-0.1, -0.05) is 41.9 Å². The van der Waals surface area contributed by atoms with Crippen LogP contribution in [0.1, 0.15) is 36.4 Å². The number of ether oxygens (including phenoxy) is 2. The third-order valence-corrected chi connectivity index (χ3v) is 4.36. The maximum atomic E-state index is 12.3. The first-order valence-electron chi connectivity index (χ1n) is 8.79. The van der Waals surface area contributed by atoms with Gasteiger partial charge in [-0.2, -0.15) is 0 Å². The van der Waals surface area contributed by atoms with Crippen molar-refractivity contribution in [1.29, 1.82) is 0 Å². The second-order valence-electron chi connectivity index (χ2n) is 6.19. The Morgan fingerprint density at radius 1 is 1.15 bits per heavy atom. The maximum absolute atomic E-state index is 12.3. The van der Waals surface area contributed by atoms with Crippen molar-refractivity contribution in [3.63, 3.8) is 0 Å². The first kappa shape index (κ1) is 20.8. The Kier molecular flexibility index (Phi) is 8.14. The van der Waals surface area contributed by atoms with Crippen molar-refractivity contribution >= 4 is 23.5 Å². The zero-order valence-corrected chi connectivity index (χ0v) is 16.3. The van der Waals surface area contributed by atoms with Crippen molar-refractivity contribution in [3.8, 4) is 5.75 Å². The van der Waals surface area contributed by atoms with E-state index >= 15 is 0 Å². The zero-order chi connectivity index (χ0) is 19.6. The van der Waals surface area contributed by atoms with Gasteiger partial charge >= 0.3 is 5.97 Å². The van der Waals surface area contributed by atoms with E-state index in [1.807, 2.05) is 37.3 Å². The molecule has 6 heteroatoms. The van der Waals surface area contributed by atoms with Crippen LogP contribution in [0.25, 0.3) is 0 Å². The summed E-state index contributed by atoms with van der Waals surface area (Å²) < 4.78 is 10.4. The predicted octanol–water partition coefficient (Wildman–Crippen LogP) is 4.23. The number of carbonyl (C=O) groups excluding carboxylic acids is 2. The number of esters is 1. The molecule has 0 saturated heterocycles. The molecule has 0 aliphatic rings. The monoisotopic (exact) mass is 389 g/mol. The summed E-state index contributed by atoms with van der Waals surface area (Å²) >= 11 is 6.21. The van der Waals surface area contributed by atoms with Crippen molar-refractivity contribution in [2.45, 2.75) is 32.2 Å². The topological polar surface area (TPSA) is 64.6 Å². The largest absolute Gasteiger partial charge is 0.494 e. The van der Waals surface area contributed by atoms with E-state index in [4.69, 9.17) is 21.1 Å². The molecule has 144 valence electrons. The smallest absolute Gasteiger partial charge is 0.307 e. The van der Waals surface area contributed by atoms with Crippen molar-refractivity contribution in [2.75, 3.05) is 13.7 Å². The molecular weight excluding hydrogens is 366 g/mol. The maximum Gasteiger partial charge on any atom is 0.307 e. The lowest BCUT2D eigenvalue weighted by molar-refractivity contribution is -0.141. The van der Waals surface area contributed by atoms with E-state index < -0.39 is 12.0 Å². The molecule has 0 heterocycles. The Morgan fingerprint density at radius 3 is 2.63 bits per heavy atom. The minimum atomic E-state index is -0.531. The number of amides is 1. The number of nitrogens with one attached hydrogen (secondary N) is 1. The minimum absolute atomic E-state index is 0.0196. The molecule has 0 spiro atoms. The Morgan fingerprint density at radius 2 is 1.93 bits per heavy atom. The Bertz CT molecular complexity index is 778. The summed E-state index contributed by atoms with van der Waals surface area (Å²) in [6, 6.07) is 14.4. The van der Waals surface area contributed by atoms with Gasteiger partial charge in [0.1, 0.15) is 5.75 Å². The summed E-state index contributed by atoms with van der Waals surface area (Å²) in [6.45, 7) is 2.43. The number of halogens is 1. The van der Waals surface area contributed by atoms with Crippen LogP contribution in [0.2, 0.25) is 5.02 Å². The predicted molar refractivity (Wildman–Crippen MR) is 105 cm³/mol. The van der Waals surface area contributed by atoms with Gasteiger partial charge in [-0.3, -0.25) is 9.59 Å². The van der Waals surface area contributed by atoms with Crippen LogP contribution in [0.5, 0.6) is 5.75 Å². The molecule has 1 unspecified atom stereocenters. The lowest BCUT2D eigenvalue weighted by Gasteiger charge is -2.19. The lowest BCUT2D eigenvalue weighted by atomic mass is 10.0. The van der Waals surface area contributed by atoms with E-state index in [2.05, 4.69) is 5.32 Å². The number of rotatable bonds is 9. The van der Waals surface area contributed by atoms with Gasteiger partial charge in [0.05, 0.1) is 26.2 Å². The van der Waals surface area contributed by atoms with Crippen molar-refractivity contribution in [2.24, 2.45) is 0 Å². The fraction of sp³-hybridized carbons (Fsp3) is 0.333. The van der Waals surface area contributed by atoms with Crippen LogP contribution in [-0.4, -0.2) is 25.6 Å². The first-order chi connectivity index (χ1) is 13.0. The second-order valence-corrected chi connectivity index (χ2v) is 6.60. The highest BCUT2D eigenvalue weighted by molar-refractivity contribution is 6.31. The molecule has 2 aromatic rings. The summed E-state index contributed by atoms with van der Waals surface area (Å²) in [5, 5.41) is 3.36. The van der Waals surface area contributed by atoms with Gasteiger partial charge in [0, 0.05) is 11.4 Å². The van der Waals surface area contributed by atoms with Crippen LogP contribution in [0.15, 0.2) is 48.5 Å². The highest BCUT2D eigenvalue weighted by atomic mass is 35.5. The molecular formula is C21H24ClNO4. The molecule has 0 radical (unpaired) electrons. The summed E-state index contributed by atoms with van der Waals surface area (Å²) in [5.74, 6) is 0.203. The van der Waals surface area contributed by atoms with Gasteiger partial charge < -0.3 is 14.8 Å². The average Bonchev–Trinajstić information content (AvgIpc) is 2.65. The Balaban J connectivity index is 1.87. The van der Waals surface area contributed by atoms with Gasteiger partial charge in [-0.15, -0.1) is 0 Å². The molecule has 2 aromatic carbocycles. The average molecular weight is 390 g/mol. The van der Waals surface area contributed by atoms with E-state index in [-0.39, 0.29) is 18.7 Å². The van der Waals surface area contributed by atoms with E-state index in [1.165, 1.54) is 7.11 Å². The molecule has 1 amide bonds. The molecule has 1 atom stereocenters. The number of hydrogen-bond acceptors (Lipinski definition) is 4. The van der Waals surface area contributed by atoms with E-state index in [9.17, 15) is 9.59 Å². The fourth-order valence-corrected chi connectivity index (χ4v) is 2.91. The van der Waals surface area contributed by atoms with Gasteiger partial charge in [-0.25, -0.2) is 0 Å². The zero-order valence-electron chi connectivity index (χ0n) is 15.5. The van der Waals surface area contributed by atoms with Crippen molar-refractivity contribution in [3.05, 3.63) is 64.7 Å². The van der Waals surface area contributed by atoms with Crippen LogP contribution in [-0.2, 0) is 14.3 Å². The first-order valence-corrected chi connectivity index (χ1v) is 9.17. The Hall–Kier alpha value is -2.53. The molecule has 0 aliphatic carbocycles. The van der Waals surface area contributed by atoms with E-state index in [0.717, 1.165) is 11.3 Å². The summed E-state index contributed by atoms with van der Waals surface area (Å²) in [6.07, 6.45) is 0.868. The molecule has 27 heavy (non-hydrogen) atoms. The SMILES string of the molecule is COC(=O)CC(NC(=O)CCCOc1cccc(C)c1)c1ccccc1Cl. The number of carbonyl (C=O) groups is 2. The van der Waals surface area contributed by atoms with Crippen LogP contribution >= 0.6 is 11.6 Å². The van der Waals surface area contributed by atoms with Crippen LogP contribution in [0, 0.1) is 6.92 Å². The van der Waals surface area contributed by atoms with Crippen molar-refractivity contribution in [1.82, 2.24) is 5.32 Å². The molecule has 5 nitrogen and oxygen atoms in total. The summed E-state index contributed by atoms with van der Waals surface area (Å²) in [4.78, 5) is 24.0. The standard InChI is InChI=1S/C21H24ClNO4/c1-15-7-5-8-16(13-15)27-12-6-11-20(24)23-19(14-21(25)26-2)17-9-3-4-10-18(17)22/h3-5,7-10,13,19H,6,11-12,14H2,1-2H3,(H,23,24). The van der Waals surface area contributed by atoms with Crippen LogP contribution in [0.3, 0.4) is 0 Å². The van der Waals surface area contributed by atoms with Crippen LogP contribution in [0.4, 0.5) is 0 Å². The molecule has 0 saturated carbocycles. The molecule has 0 aromatic heterocycles. The fourth-order valence-electron chi connectivity index (χ4n) is 2.64. The molecule has 2 rings (SSSR count). The van der Waals surface area contributed by atoms with Gasteiger partial charge in [-0.05, 0) is 42.7 Å². The number of benzene rings is 2. The molecule has 0 bridgehead atoms. The number of aryl methyl sites for hydroxylation is 1.